The average molecular weight is 245 g/mol. The van der Waals surface area contributed by atoms with Crippen molar-refractivity contribution in [2.24, 2.45) is 4.58 Å². The second-order valence-electron chi connectivity index (χ2n) is 3.50. The molecule has 0 spiro atoms. The summed E-state index contributed by atoms with van der Waals surface area (Å²) < 4.78 is 16.0. The number of benzene rings is 1. The van der Waals surface area contributed by atoms with Gasteiger partial charge in [-0.15, -0.1) is 4.91 Å². The van der Waals surface area contributed by atoms with E-state index in [0.29, 0.717) is 5.69 Å². The first-order valence-corrected chi connectivity index (χ1v) is 6.71. The van der Waals surface area contributed by atoms with E-state index in [1.54, 1.807) is 0 Å². The Bertz CT molecular complexity index is 437. The molecule has 0 radical (unpaired) electrons. The minimum absolute atomic E-state index is 0.0470. The molecule has 0 heterocycles. The summed E-state index contributed by atoms with van der Waals surface area (Å²) in [7, 11) is -2.31. The monoisotopic (exact) mass is 245 g/mol. The van der Waals surface area contributed by atoms with E-state index in [1.165, 1.54) is 24.6 Å². The van der Waals surface area contributed by atoms with Crippen LogP contribution in [-0.4, -0.2) is 17.8 Å². The maximum atomic E-state index is 13.3. The number of nitrogens with one attached hydrogen (secondary N) is 1. The number of carbonyl (C=O) groups is 1. The number of carbonyl (C=O) groups excluding carboxylic acids is 1. The van der Waals surface area contributed by atoms with Crippen molar-refractivity contribution in [1.82, 2.24) is 0 Å². The number of halogens is 1. The number of hydrogen-bond acceptors (Lipinski definition) is 4. The van der Waals surface area contributed by atoms with Crippen molar-refractivity contribution >= 4 is 26.8 Å². The van der Waals surface area contributed by atoms with Gasteiger partial charge in [0.05, 0.1) is 5.69 Å². The number of nitroso groups, excluding NO2 is 1. The number of amides is 1. The van der Waals surface area contributed by atoms with Crippen LogP contribution in [0.1, 0.15) is 0 Å². The van der Waals surface area contributed by atoms with Gasteiger partial charge in [-0.2, -0.15) is 0 Å². The Morgan fingerprint density at radius 3 is 2.69 bits per heavy atom. The van der Waals surface area contributed by atoms with E-state index in [9.17, 15) is 14.1 Å². The lowest BCUT2D eigenvalue weighted by atomic mass is 10.3. The highest BCUT2D eigenvalue weighted by atomic mass is 32.3. The number of hydrogen-bond donors (Lipinski definition) is 2. The molecule has 0 atom stereocenters. The van der Waals surface area contributed by atoms with Crippen LogP contribution in [-0.2, 0) is 0 Å². The van der Waals surface area contributed by atoms with Crippen LogP contribution in [0.15, 0.2) is 22.8 Å². The summed E-state index contributed by atoms with van der Waals surface area (Å²) in [4.78, 5) is 22.0. The average Bonchev–Trinajstić information content (AvgIpc) is 2.23. The smallest absolute Gasteiger partial charge is 0.287 e. The van der Waals surface area contributed by atoms with Crippen molar-refractivity contribution in [3.05, 3.63) is 28.9 Å². The van der Waals surface area contributed by atoms with Crippen molar-refractivity contribution in [3.63, 3.8) is 0 Å². The first-order chi connectivity index (χ1) is 7.36. The van der Waals surface area contributed by atoms with E-state index < -0.39 is 21.3 Å². The van der Waals surface area contributed by atoms with Gasteiger partial charge in [0.2, 0.25) is 0 Å². The molecule has 0 unspecified atom stereocenters. The lowest BCUT2D eigenvalue weighted by Crippen LogP contribution is -2.16. The van der Waals surface area contributed by atoms with E-state index in [0.717, 1.165) is 6.07 Å². The Kier molecular flexibility index (Phi) is 3.48. The van der Waals surface area contributed by atoms with Crippen molar-refractivity contribution in [2.75, 3.05) is 23.6 Å². The number of rotatable bonds is 2. The molecule has 1 aromatic rings. The molecule has 0 fully saturated rings. The number of anilines is 2. The summed E-state index contributed by atoms with van der Waals surface area (Å²) in [5, 5.41) is 1.69. The summed E-state index contributed by atoms with van der Waals surface area (Å²) in [6, 6.07) is 3.80. The molecule has 16 heavy (non-hydrogen) atoms. The molecule has 0 aliphatic rings. The van der Waals surface area contributed by atoms with Crippen LogP contribution in [0.25, 0.3) is 0 Å². The number of nitrogens with zero attached hydrogens (tertiary/aromatic N) is 1. The highest BCUT2D eigenvalue weighted by Gasteiger charge is 2.23. The van der Waals surface area contributed by atoms with Crippen LogP contribution in [0.2, 0.25) is 0 Å². The van der Waals surface area contributed by atoms with Crippen LogP contribution >= 0.6 is 10.2 Å². The first-order valence-electron chi connectivity index (χ1n) is 4.31. The first kappa shape index (κ1) is 12.4. The molecule has 5 nitrogen and oxygen atoms in total. The Morgan fingerprint density at radius 1 is 1.50 bits per heavy atom. The zero-order chi connectivity index (χ0) is 12.3. The molecule has 1 aromatic carbocycles. The molecule has 3 N–H and O–H groups in total. The molecule has 1 amide bonds. The fourth-order valence-corrected chi connectivity index (χ4v) is 1.33. The Hall–Kier alpha value is -1.63. The molecule has 0 aliphatic heterocycles. The van der Waals surface area contributed by atoms with Gasteiger partial charge in [0, 0.05) is 5.69 Å². The Morgan fingerprint density at radius 2 is 2.12 bits per heavy atom. The molecule has 88 valence electrons. The fraction of sp³-hybridized carbons (Fsp3) is 0.222. The van der Waals surface area contributed by atoms with Gasteiger partial charge in [-0.25, -0.2) is 4.39 Å². The molecule has 0 saturated carbocycles. The van der Waals surface area contributed by atoms with Gasteiger partial charge >= 0.3 is 0 Å². The molecular weight excluding hydrogens is 233 g/mol. The van der Waals surface area contributed by atoms with Gasteiger partial charge in [0.25, 0.3) is 5.24 Å². The molecule has 0 saturated heterocycles. The summed E-state index contributed by atoms with van der Waals surface area (Å²) in [5.41, 5.74) is 5.72. The zero-order valence-corrected chi connectivity index (χ0v) is 9.68. The quantitative estimate of drug-likeness (QED) is 0.620. The fourth-order valence-electron chi connectivity index (χ4n) is 0.907. The minimum Gasteiger partial charge on any atom is -0.399 e. The van der Waals surface area contributed by atoms with Crippen molar-refractivity contribution in [3.8, 4) is 0 Å². The summed E-state index contributed by atoms with van der Waals surface area (Å²) in [6.45, 7) is 0. The molecule has 0 aromatic heterocycles. The normalized spacial score (nSPS) is 11.9. The number of nitrogens with two attached hydrogens (primary N) is 1. The van der Waals surface area contributed by atoms with Crippen molar-refractivity contribution in [2.45, 2.75) is 0 Å². The second-order valence-corrected chi connectivity index (χ2v) is 6.56. The molecular formula is C9H12FN3O2S. The predicted octanol–water partition coefficient (Wildman–Crippen LogP) is 2.69. The minimum atomic E-state index is -2.31. The third-order valence-electron chi connectivity index (χ3n) is 1.87. The van der Waals surface area contributed by atoms with Crippen LogP contribution < -0.4 is 11.1 Å². The molecule has 0 aliphatic carbocycles. The third-order valence-corrected chi connectivity index (χ3v) is 3.25. The van der Waals surface area contributed by atoms with Gasteiger partial charge in [-0.05, 0) is 45.5 Å². The maximum Gasteiger partial charge on any atom is 0.287 e. The second kappa shape index (κ2) is 4.48. The summed E-state index contributed by atoms with van der Waals surface area (Å²) in [5.74, 6) is -0.608. The van der Waals surface area contributed by atoms with Gasteiger partial charge in [0.15, 0.2) is 0 Å². The van der Waals surface area contributed by atoms with Crippen molar-refractivity contribution in [1.29, 1.82) is 0 Å². The summed E-state index contributed by atoms with van der Waals surface area (Å²) >= 11 is 0. The largest absolute Gasteiger partial charge is 0.399 e. The maximum absolute atomic E-state index is 13.3. The van der Waals surface area contributed by atoms with E-state index in [-0.39, 0.29) is 5.69 Å². The van der Waals surface area contributed by atoms with E-state index in [4.69, 9.17) is 5.73 Å². The zero-order valence-electron chi connectivity index (χ0n) is 8.86. The van der Waals surface area contributed by atoms with Gasteiger partial charge in [-0.3, -0.25) is 4.79 Å². The van der Waals surface area contributed by atoms with E-state index in [1.807, 2.05) is 0 Å². The Balaban J connectivity index is 2.93. The number of nitrogen functional groups attached to an aromatic ring is 1. The molecule has 7 heteroatoms. The molecule has 0 bridgehead atoms. The van der Waals surface area contributed by atoms with Crippen LogP contribution in [0.3, 0.4) is 0 Å². The van der Waals surface area contributed by atoms with Gasteiger partial charge < -0.3 is 11.1 Å². The Labute approximate surface area is 93.6 Å². The summed E-state index contributed by atoms with van der Waals surface area (Å²) in [6.07, 6.45) is 2.83. The highest BCUT2D eigenvalue weighted by Crippen LogP contribution is 2.42. The topological polar surface area (TPSA) is 84.5 Å². The van der Waals surface area contributed by atoms with E-state index >= 15 is 0 Å². The standard InChI is InChI=1S/C9H12FN3O2S/c1-16(2,13-15)9(14)12-8-5-6(11)3-4-7(8)10/h3-5H,11H2,1-2H3,(H,12,14). The SMILES string of the molecule is CS(C)(N=O)C(=O)Nc1cc(N)ccc1F. The lowest BCUT2D eigenvalue weighted by molar-refractivity contribution is 0.269. The van der Waals surface area contributed by atoms with Crippen LogP contribution in [0.5, 0.6) is 0 Å². The van der Waals surface area contributed by atoms with E-state index in [2.05, 4.69) is 9.90 Å². The van der Waals surface area contributed by atoms with Gasteiger partial charge in [-0.1, -0.05) is 0 Å². The lowest BCUT2D eigenvalue weighted by Gasteiger charge is -2.19. The highest BCUT2D eigenvalue weighted by molar-refractivity contribution is 8.43. The van der Waals surface area contributed by atoms with Crippen molar-refractivity contribution < 1.29 is 9.18 Å². The predicted molar refractivity (Wildman–Crippen MR) is 65.1 cm³/mol. The molecule has 1 rings (SSSR count). The van der Waals surface area contributed by atoms with Crippen LogP contribution in [0.4, 0.5) is 20.6 Å². The third kappa shape index (κ3) is 2.69. The van der Waals surface area contributed by atoms with Crippen LogP contribution in [0, 0.1) is 10.7 Å². The van der Waals surface area contributed by atoms with Gasteiger partial charge in [0.1, 0.15) is 5.82 Å².